The number of aromatic amines is 1. The number of piperidine rings is 1. The molecule has 3 N–H and O–H groups in total. The predicted molar refractivity (Wildman–Crippen MR) is 113 cm³/mol. The molecule has 156 valence electrons. The third kappa shape index (κ3) is 3.21. The molecule has 2 aliphatic heterocycles. The fourth-order valence-electron chi connectivity index (χ4n) is 4.81. The molecule has 2 fully saturated rings. The fourth-order valence-corrected chi connectivity index (χ4v) is 4.81. The number of nitrogens with zero attached hydrogens (tertiary/aromatic N) is 4. The third-order valence-corrected chi connectivity index (χ3v) is 6.55. The Bertz CT molecular complexity index is 1040. The molecule has 2 aliphatic rings. The van der Waals surface area contributed by atoms with Crippen molar-refractivity contribution in [2.75, 3.05) is 11.9 Å². The highest BCUT2D eigenvalue weighted by Gasteiger charge is 2.49. The number of phenolic OH excluding ortho intramolecular Hbond substituents is 1. The van der Waals surface area contributed by atoms with Gasteiger partial charge in [0, 0.05) is 36.0 Å². The maximum absolute atomic E-state index is 15.0. The van der Waals surface area contributed by atoms with Crippen LogP contribution < -0.4 is 10.2 Å². The third-order valence-electron chi connectivity index (χ3n) is 6.55. The molecule has 0 saturated carbocycles. The van der Waals surface area contributed by atoms with Crippen LogP contribution in [0.25, 0.3) is 22.4 Å². The van der Waals surface area contributed by atoms with Crippen molar-refractivity contribution in [1.82, 2.24) is 25.5 Å². The van der Waals surface area contributed by atoms with Crippen LogP contribution in [-0.2, 0) is 0 Å². The van der Waals surface area contributed by atoms with Crippen LogP contribution in [0.4, 0.5) is 10.2 Å². The van der Waals surface area contributed by atoms with E-state index in [1.807, 2.05) is 24.1 Å². The molecule has 0 spiro atoms. The zero-order valence-corrected chi connectivity index (χ0v) is 17.0. The van der Waals surface area contributed by atoms with Gasteiger partial charge in [-0.05, 0) is 43.9 Å². The number of phenols is 1. The number of benzene rings is 1. The molecule has 2 aromatic heterocycles. The van der Waals surface area contributed by atoms with Crippen molar-refractivity contribution in [1.29, 1.82) is 0 Å². The van der Waals surface area contributed by atoms with E-state index in [0.29, 0.717) is 17.1 Å². The van der Waals surface area contributed by atoms with Gasteiger partial charge in [-0.1, -0.05) is 6.07 Å². The summed E-state index contributed by atoms with van der Waals surface area (Å²) in [5.41, 5.74) is 2.90. The summed E-state index contributed by atoms with van der Waals surface area (Å²) in [6.45, 7) is 2.17. The lowest BCUT2D eigenvalue weighted by atomic mass is 9.87. The van der Waals surface area contributed by atoms with Crippen molar-refractivity contribution < 1.29 is 9.50 Å². The van der Waals surface area contributed by atoms with E-state index < -0.39 is 6.17 Å². The minimum Gasteiger partial charge on any atom is -0.507 e. The smallest absolute Gasteiger partial charge is 0.147 e. The number of anilines is 1. The minimum atomic E-state index is -0.938. The largest absolute Gasteiger partial charge is 0.507 e. The highest BCUT2D eigenvalue weighted by Crippen LogP contribution is 2.39. The van der Waals surface area contributed by atoms with Gasteiger partial charge in [0.2, 0.25) is 0 Å². The van der Waals surface area contributed by atoms with Crippen LogP contribution in [0, 0.1) is 0 Å². The second-order valence-electron chi connectivity index (χ2n) is 8.66. The Morgan fingerprint density at radius 1 is 1.20 bits per heavy atom. The van der Waals surface area contributed by atoms with Gasteiger partial charge < -0.3 is 15.3 Å². The van der Waals surface area contributed by atoms with E-state index >= 15 is 4.39 Å². The van der Waals surface area contributed by atoms with Crippen LogP contribution in [0.15, 0.2) is 43.0 Å². The SMILES string of the molecule is CN(c1cnc(-c2ccc(-c3cn[nH]c3)cc2O)cn1)[C@H]1C[C@]2(C)CCC(N2)[C@H]1F. The topological polar surface area (TPSA) is 90.0 Å². The summed E-state index contributed by atoms with van der Waals surface area (Å²) >= 11 is 0. The molecule has 0 radical (unpaired) electrons. The molecular weight excluding hydrogens is 383 g/mol. The van der Waals surface area contributed by atoms with Crippen LogP contribution in [0.2, 0.25) is 0 Å². The summed E-state index contributed by atoms with van der Waals surface area (Å²) in [4.78, 5) is 10.9. The summed E-state index contributed by atoms with van der Waals surface area (Å²) < 4.78 is 15.0. The Balaban J connectivity index is 1.37. The molecule has 2 bridgehead atoms. The van der Waals surface area contributed by atoms with E-state index in [1.54, 1.807) is 30.9 Å². The first-order valence-electron chi connectivity index (χ1n) is 10.2. The lowest BCUT2D eigenvalue weighted by Crippen LogP contribution is -2.60. The lowest BCUT2D eigenvalue weighted by Gasteiger charge is -2.43. The number of hydrogen-bond donors (Lipinski definition) is 3. The number of rotatable bonds is 4. The Kier molecular flexibility index (Phi) is 4.47. The van der Waals surface area contributed by atoms with Crippen molar-refractivity contribution >= 4 is 5.82 Å². The molecular formula is C22H25FN6O. The Labute approximate surface area is 174 Å². The van der Waals surface area contributed by atoms with Gasteiger partial charge in [0.25, 0.3) is 0 Å². The monoisotopic (exact) mass is 408 g/mol. The quantitative estimate of drug-likeness (QED) is 0.614. The molecule has 1 unspecified atom stereocenters. The molecule has 4 atom stereocenters. The fraction of sp³-hybridized carbons (Fsp3) is 0.409. The number of H-pyrrole nitrogens is 1. The maximum Gasteiger partial charge on any atom is 0.147 e. The second kappa shape index (κ2) is 7.05. The normalized spacial score (nSPS) is 27.9. The van der Waals surface area contributed by atoms with Gasteiger partial charge in [-0.3, -0.25) is 10.1 Å². The van der Waals surface area contributed by atoms with Gasteiger partial charge in [0.15, 0.2) is 0 Å². The van der Waals surface area contributed by atoms with E-state index in [9.17, 15) is 5.11 Å². The summed E-state index contributed by atoms with van der Waals surface area (Å²) in [5.74, 6) is 0.751. The summed E-state index contributed by atoms with van der Waals surface area (Å²) in [7, 11) is 1.88. The number of hydrogen-bond acceptors (Lipinski definition) is 6. The molecule has 7 nitrogen and oxygen atoms in total. The Morgan fingerprint density at radius 3 is 2.77 bits per heavy atom. The van der Waals surface area contributed by atoms with Crippen molar-refractivity contribution in [2.45, 2.75) is 50.0 Å². The second-order valence-corrected chi connectivity index (χ2v) is 8.66. The highest BCUT2D eigenvalue weighted by atomic mass is 19.1. The van der Waals surface area contributed by atoms with E-state index in [2.05, 4.69) is 32.4 Å². The first-order valence-corrected chi connectivity index (χ1v) is 10.2. The molecule has 3 aromatic rings. The standard InChI is InChI=1S/C22H25FN6O/c1-22-6-5-16(28-22)21(23)18(8-22)29(2)20-12-24-17(11-25-20)15-4-3-13(7-19(15)30)14-9-26-27-10-14/h3-4,7,9-12,16,18,21,28,30H,5-6,8H2,1-2H3,(H,26,27)/t16?,18-,21+,22-/m0/s1. The van der Waals surface area contributed by atoms with E-state index in [0.717, 1.165) is 30.4 Å². The van der Waals surface area contributed by atoms with E-state index in [4.69, 9.17) is 0 Å². The first-order chi connectivity index (χ1) is 14.4. The van der Waals surface area contributed by atoms with Crippen LogP contribution >= 0.6 is 0 Å². The van der Waals surface area contributed by atoms with Gasteiger partial charge in [0.05, 0.1) is 30.3 Å². The van der Waals surface area contributed by atoms with Crippen LogP contribution in [0.1, 0.15) is 26.2 Å². The summed E-state index contributed by atoms with van der Waals surface area (Å²) in [6, 6.07) is 5.08. The zero-order valence-electron chi connectivity index (χ0n) is 17.0. The average molecular weight is 408 g/mol. The molecule has 0 aliphatic carbocycles. The van der Waals surface area contributed by atoms with Gasteiger partial charge >= 0.3 is 0 Å². The molecule has 4 heterocycles. The van der Waals surface area contributed by atoms with Crippen molar-refractivity contribution in [3.63, 3.8) is 0 Å². The molecule has 2 saturated heterocycles. The Morgan fingerprint density at radius 2 is 2.07 bits per heavy atom. The number of fused-ring (bicyclic) bond motifs is 2. The van der Waals surface area contributed by atoms with Crippen molar-refractivity contribution in [3.8, 4) is 28.1 Å². The highest BCUT2D eigenvalue weighted by molar-refractivity contribution is 5.73. The number of halogens is 1. The van der Waals surface area contributed by atoms with Gasteiger partial charge in [0.1, 0.15) is 17.7 Å². The van der Waals surface area contributed by atoms with Gasteiger partial charge in [-0.25, -0.2) is 9.37 Å². The lowest BCUT2D eigenvalue weighted by molar-refractivity contribution is 0.144. The minimum absolute atomic E-state index is 0.0118. The van der Waals surface area contributed by atoms with Crippen LogP contribution in [0.3, 0.4) is 0 Å². The van der Waals surface area contributed by atoms with Crippen molar-refractivity contribution in [2.24, 2.45) is 0 Å². The molecule has 1 aromatic carbocycles. The summed E-state index contributed by atoms with van der Waals surface area (Å²) in [6.07, 6.45) is 8.42. The molecule has 30 heavy (non-hydrogen) atoms. The predicted octanol–water partition coefficient (Wildman–Crippen LogP) is 3.30. The van der Waals surface area contributed by atoms with E-state index in [1.165, 1.54) is 0 Å². The maximum atomic E-state index is 15.0. The molecule has 8 heteroatoms. The van der Waals surface area contributed by atoms with Crippen LogP contribution in [0.5, 0.6) is 5.75 Å². The van der Waals surface area contributed by atoms with Gasteiger partial charge in [-0.2, -0.15) is 5.10 Å². The van der Waals surface area contributed by atoms with Gasteiger partial charge in [-0.15, -0.1) is 0 Å². The van der Waals surface area contributed by atoms with Crippen molar-refractivity contribution in [3.05, 3.63) is 43.0 Å². The van der Waals surface area contributed by atoms with Crippen LogP contribution in [-0.4, -0.2) is 56.1 Å². The Hall–Kier alpha value is -3.00. The molecule has 5 rings (SSSR count). The summed E-state index contributed by atoms with van der Waals surface area (Å²) in [5, 5.41) is 20.6. The van der Waals surface area contributed by atoms with E-state index in [-0.39, 0.29) is 23.4 Å². The average Bonchev–Trinajstić information content (AvgIpc) is 3.39. The zero-order chi connectivity index (χ0) is 20.9. The first kappa shape index (κ1) is 19.0. The number of alkyl halides is 1. The number of nitrogens with one attached hydrogen (secondary N) is 2. The number of aromatic nitrogens is 4. The molecule has 0 amide bonds. The number of aromatic hydroxyl groups is 1.